The van der Waals surface area contributed by atoms with E-state index >= 15 is 0 Å². The average Bonchev–Trinajstić information content (AvgIpc) is 2.45. The van der Waals surface area contributed by atoms with Crippen LogP contribution in [-0.4, -0.2) is 75.9 Å². The summed E-state index contributed by atoms with van der Waals surface area (Å²) in [6.45, 7) is 10.2. The molecule has 1 rings (SSSR count). The minimum absolute atomic E-state index is 0.684. The van der Waals surface area contributed by atoms with E-state index in [0.717, 1.165) is 26.1 Å². The molecule has 1 aliphatic rings. The molecule has 0 aliphatic carbocycles. The second-order valence-corrected chi connectivity index (χ2v) is 5.10. The summed E-state index contributed by atoms with van der Waals surface area (Å²) in [5.41, 5.74) is 0. The van der Waals surface area contributed by atoms with Gasteiger partial charge in [-0.25, -0.2) is 0 Å². The summed E-state index contributed by atoms with van der Waals surface area (Å²) in [6, 6.07) is 0.684. The van der Waals surface area contributed by atoms with Gasteiger partial charge >= 0.3 is 0 Å². The highest BCUT2D eigenvalue weighted by Crippen LogP contribution is 2.07. The summed E-state index contributed by atoms with van der Waals surface area (Å²) in [5, 5.41) is 3.48. The van der Waals surface area contributed by atoms with E-state index in [1.165, 1.54) is 32.6 Å². The monoisotopic (exact) mass is 243 g/mol. The van der Waals surface area contributed by atoms with Crippen molar-refractivity contribution in [1.29, 1.82) is 0 Å². The lowest BCUT2D eigenvalue weighted by Gasteiger charge is -2.27. The predicted molar refractivity (Wildman–Crippen MR) is 72.5 cm³/mol. The molecule has 4 heteroatoms. The maximum Gasteiger partial charge on any atom is 0.0474 e. The second kappa shape index (κ2) is 8.86. The van der Waals surface area contributed by atoms with Gasteiger partial charge in [-0.2, -0.15) is 0 Å². The zero-order valence-electron chi connectivity index (χ0n) is 11.7. The van der Waals surface area contributed by atoms with Gasteiger partial charge in [0.25, 0.3) is 0 Å². The quantitative estimate of drug-likeness (QED) is 0.664. The second-order valence-electron chi connectivity index (χ2n) is 5.10. The molecule has 1 atom stereocenters. The summed E-state index contributed by atoms with van der Waals surface area (Å²) < 4.78 is 5.03. The zero-order chi connectivity index (χ0) is 12.5. The van der Waals surface area contributed by atoms with Crippen LogP contribution in [0.4, 0.5) is 0 Å². The van der Waals surface area contributed by atoms with Crippen LogP contribution < -0.4 is 5.32 Å². The van der Waals surface area contributed by atoms with Crippen molar-refractivity contribution < 1.29 is 4.74 Å². The Hall–Kier alpha value is -0.160. The van der Waals surface area contributed by atoms with Crippen LogP contribution in [0.2, 0.25) is 0 Å². The van der Waals surface area contributed by atoms with Gasteiger partial charge in [-0.05, 0) is 46.4 Å². The normalized spacial score (nSPS) is 23.8. The largest absolute Gasteiger partial charge is 0.385 e. The Kier molecular flexibility index (Phi) is 7.77. The van der Waals surface area contributed by atoms with Crippen molar-refractivity contribution in [3.63, 3.8) is 0 Å². The van der Waals surface area contributed by atoms with Crippen molar-refractivity contribution in [3.8, 4) is 0 Å². The molecule has 0 saturated carbocycles. The maximum absolute atomic E-state index is 5.03. The van der Waals surface area contributed by atoms with Crippen molar-refractivity contribution >= 4 is 0 Å². The Balaban J connectivity index is 2.08. The molecule has 0 spiro atoms. The van der Waals surface area contributed by atoms with Crippen molar-refractivity contribution in [2.45, 2.75) is 25.8 Å². The van der Waals surface area contributed by atoms with E-state index < -0.39 is 0 Å². The molecule has 0 bridgehead atoms. The van der Waals surface area contributed by atoms with Gasteiger partial charge in [-0.3, -0.25) is 4.90 Å². The molecule has 102 valence electrons. The fraction of sp³-hybridized carbons (Fsp3) is 1.00. The van der Waals surface area contributed by atoms with Gasteiger partial charge in [0.05, 0.1) is 0 Å². The van der Waals surface area contributed by atoms with E-state index in [0.29, 0.717) is 6.04 Å². The van der Waals surface area contributed by atoms with Gasteiger partial charge < -0.3 is 15.0 Å². The number of nitrogens with one attached hydrogen (secondary N) is 1. The molecule has 17 heavy (non-hydrogen) atoms. The van der Waals surface area contributed by atoms with Crippen LogP contribution in [-0.2, 0) is 4.74 Å². The molecule has 1 aliphatic heterocycles. The molecule has 1 fully saturated rings. The highest BCUT2D eigenvalue weighted by molar-refractivity contribution is 4.75. The lowest BCUT2D eigenvalue weighted by atomic mass is 10.2. The number of ether oxygens (including phenoxy) is 1. The predicted octanol–water partition coefficient (Wildman–Crippen LogP) is 0.639. The van der Waals surface area contributed by atoms with Crippen molar-refractivity contribution in [2.24, 2.45) is 0 Å². The topological polar surface area (TPSA) is 27.7 Å². The first-order valence-electron chi connectivity index (χ1n) is 6.86. The molecule has 4 nitrogen and oxygen atoms in total. The summed E-state index contributed by atoms with van der Waals surface area (Å²) in [6.07, 6.45) is 2.40. The van der Waals surface area contributed by atoms with Crippen LogP contribution in [0.15, 0.2) is 0 Å². The first-order chi connectivity index (χ1) is 8.24. The summed E-state index contributed by atoms with van der Waals surface area (Å²) in [7, 11) is 3.98. The van der Waals surface area contributed by atoms with E-state index in [2.05, 4.69) is 29.1 Å². The molecular formula is C13H29N3O. The molecule has 1 saturated heterocycles. The van der Waals surface area contributed by atoms with Crippen LogP contribution in [0.3, 0.4) is 0 Å². The fourth-order valence-corrected chi connectivity index (χ4v) is 2.44. The van der Waals surface area contributed by atoms with Crippen LogP contribution in [0, 0.1) is 0 Å². The van der Waals surface area contributed by atoms with Gasteiger partial charge in [0.15, 0.2) is 0 Å². The molecule has 0 aromatic heterocycles. The number of nitrogens with zero attached hydrogens (tertiary/aromatic N) is 2. The fourth-order valence-electron chi connectivity index (χ4n) is 2.44. The van der Waals surface area contributed by atoms with Gasteiger partial charge in [0.1, 0.15) is 0 Å². The average molecular weight is 243 g/mol. The molecule has 0 aromatic carbocycles. The lowest BCUT2D eigenvalue weighted by molar-refractivity contribution is 0.189. The van der Waals surface area contributed by atoms with Crippen LogP contribution in [0.5, 0.6) is 0 Å². The molecule has 0 amide bonds. The third kappa shape index (κ3) is 6.36. The minimum atomic E-state index is 0.684. The Bertz CT molecular complexity index is 190. The lowest BCUT2D eigenvalue weighted by Crippen LogP contribution is -2.41. The minimum Gasteiger partial charge on any atom is -0.385 e. The van der Waals surface area contributed by atoms with E-state index in [1.54, 1.807) is 7.11 Å². The van der Waals surface area contributed by atoms with Crippen LogP contribution >= 0.6 is 0 Å². The SMILES string of the molecule is COCCCNCCN1CCCN(C)CC1C. The van der Waals surface area contributed by atoms with E-state index in [-0.39, 0.29) is 0 Å². The first-order valence-corrected chi connectivity index (χ1v) is 6.86. The Labute approximate surface area is 106 Å². The molecular weight excluding hydrogens is 214 g/mol. The van der Waals surface area contributed by atoms with Crippen molar-refractivity contribution in [1.82, 2.24) is 15.1 Å². The first kappa shape index (κ1) is 14.9. The van der Waals surface area contributed by atoms with Crippen LogP contribution in [0.25, 0.3) is 0 Å². The van der Waals surface area contributed by atoms with E-state index in [1.807, 2.05) is 0 Å². The highest BCUT2D eigenvalue weighted by atomic mass is 16.5. The van der Waals surface area contributed by atoms with Gasteiger partial charge in [0.2, 0.25) is 0 Å². The zero-order valence-corrected chi connectivity index (χ0v) is 11.7. The Morgan fingerprint density at radius 1 is 1.29 bits per heavy atom. The molecule has 1 N–H and O–H groups in total. The maximum atomic E-state index is 5.03. The number of methoxy groups -OCH3 is 1. The van der Waals surface area contributed by atoms with Crippen molar-refractivity contribution in [2.75, 3.05) is 60.0 Å². The van der Waals surface area contributed by atoms with E-state index in [4.69, 9.17) is 4.74 Å². The third-order valence-corrected chi connectivity index (χ3v) is 3.46. The highest BCUT2D eigenvalue weighted by Gasteiger charge is 2.18. The summed E-state index contributed by atoms with van der Waals surface area (Å²) in [4.78, 5) is 5.05. The van der Waals surface area contributed by atoms with Gasteiger partial charge in [-0.1, -0.05) is 0 Å². The number of hydrogen-bond acceptors (Lipinski definition) is 4. The summed E-state index contributed by atoms with van der Waals surface area (Å²) >= 11 is 0. The van der Waals surface area contributed by atoms with Crippen LogP contribution in [0.1, 0.15) is 19.8 Å². The Morgan fingerprint density at radius 2 is 2.12 bits per heavy atom. The van der Waals surface area contributed by atoms with Gasteiger partial charge in [-0.15, -0.1) is 0 Å². The number of rotatable bonds is 7. The molecule has 0 aromatic rings. The smallest absolute Gasteiger partial charge is 0.0474 e. The molecule has 0 radical (unpaired) electrons. The van der Waals surface area contributed by atoms with Crippen molar-refractivity contribution in [3.05, 3.63) is 0 Å². The standard InChI is InChI=1S/C13H29N3O/c1-13-12-15(2)8-5-9-16(13)10-7-14-6-4-11-17-3/h13-14H,4-12H2,1-3H3. The van der Waals surface area contributed by atoms with E-state index in [9.17, 15) is 0 Å². The number of hydrogen-bond donors (Lipinski definition) is 1. The van der Waals surface area contributed by atoms with Gasteiger partial charge in [0, 0.05) is 39.4 Å². The number of likely N-dealkylation sites (N-methyl/N-ethyl adjacent to an activating group) is 1. The Morgan fingerprint density at radius 3 is 2.88 bits per heavy atom. The summed E-state index contributed by atoms with van der Waals surface area (Å²) in [5.74, 6) is 0. The molecule has 1 heterocycles. The third-order valence-electron chi connectivity index (χ3n) is 3.46. The molecule has 1 unspecified atom stereocenters.